The van der Waals surface area contributed by atoms with Gasteiger partial charge < -0.3 is 10.2 Å². The Morgan fingerprint density at radius 3 is 2.47 bits per heavy atom. The summed E-state index contributed by atoms with van der Waals surface area (Å²) in [5.41, 5.74) is 0. The molecule has 0 aromatic carbocycles. The van der Waals surface area contributed by atoms with Gasteiger partial charge in [0.05, 0.1) is 0 Å². The molecule has 1 aliphatic carbocycles. The van der Waals surface area contributed by atoms with Crippen molar-refractivity contribution in [1.29, 1.82) is 0 Å². The van der Waals surface area contributed by atoms with E-state index in [9.17, 15) is 4.79 Å². The molecule has 2 rings (SSSR count). The summed E-state index contributed by atoms with van der Waals surface area (Å²) in [7, 11) is 0. The molecule has 86 valence electrons. The number of hydrogen-bond acceptors (Lipinski definition) is 2. The van der Waals surface area contributed by atoms with Crippen molar-refractivity contribution in [1.82, 2.24) is 10.2 Å². The van der Waals surface area contributed by atoms with Gasteiger partial charge in [-0.1, -0.05) is 13.8 Å². The van der Waals surface area contributed by atoms with E-state index in [0.717, 1.165) is 37.9 Å². The molecule has 1 aliphatic heterocycles. The third-order valence-electron chi connectivity index (χ3n) is 3.71. The summed E-state index contributed by atoms with van der Waals surface area (Å²) in [6.45, 7) is 6.14. The summed E-state index contributed by atoms with van der Waals surface area (Å²) in [5, 5.41) is 3.68. The molecule has 0 radical (unpaired) electrons. The van der Waals surface area contributed by atoms with Crippen LogP contribution >= 0.6 is 0 Å². The van der Waals surface area contributed by atoms with Crippen LogP contribution in [0.3, 0.4) is 0 Å². The van der Waals surface area contributed by atoms with Crippen molar-refractivity contribution in [2.75, 3.05) is 13.1 Å². The SMILES string of the molecule is CCC(=O)N1CCC(NC2CC2C)CC1. The highest BCUT2D eigenvalue weighted by Gasteiger charge is 2.35. The first kappa shape index (κ1) is 10.9. The highest BCUT2D eigenvalue weighted by molar-refractivity contribution is 5.75. The van der Waals surface area contributed by atoms with Gasteiger partial charge in [0.15, 0.2) is 0 Å². The molecule has 1 saturated heterocycles. The molecule has 0 aromatic heterocycles. The number of carbonyl (C=O) groups is 1. The molecule has 1 N–H and O–H groups in total. The zero-order valence-corrected chi connectivity index (χ0v) is 9.83. The van der Waals surface area contributed by atoms with E-state index in [1.165, 1.54) is 6.42 Å². The number of nitrogens with one attached hydrogen (secondary N) is 1. The predicted molar refractivity (Wildman–Crippen MR) is 60.6 cm³/mol. The molecule has 2 atom stereocenters. The molecule has 2 fully saturated rings. The third kappa shape index (κ3) is 2.71. The lowest BCUT2D eigenvalue weighted by Crippen LogP contribution is -2.45. The summed E-state index contributed by atoms with van der Waals surface area (Å²) in [6.07, 6.45) is 4.26. The molecule has 2 aliphatic rings. The average molecular weight is 210 g/mol. The van der Waals surface area contributed by atoms with E-state index >= 15 is 0 Å². The maximum Gasteiger partial charge on any atom is 0.222 e. The van der Waals surface area contributed by atoms with Gasteiger partial charge in [-0.3, -0.25) is 4.79 Å². The lowest BCUT2D eigenvalue weighted by Gasteiger charge is -2.32. The maximum atomic E-state index is 11.5. The number of piperidine rings is 1. The second-order valence-corrected chi connectivity index (χ2v) is 4.99. The molecule has 0 spiro atoms. The molecule has 0 aromatic rings. The largest absolute Gasteiger partial charge is 0.343 e. The van der Waals surface area contributed by atoms with Crippen LogP contribution in [0.4, 0.5) is 0 Å². The Morgan fingerprint density at radius 2 is 2.00 bits per heavy atom. The van der Waals surface area contributed by atoms with Gasteiger partial charge in [0.2, 0.25) is 5.91 Å². The van der Waals surface area contributed by atoms with Crippen molar-refractivity contribution in [2.45, 2.75) is 51.6 Å². The molecule has 1 saturated carbocycles. The fraction of sp³-hybridized carbons (Fsp3) is 0.917. The van der Waals surface area contributed by atoms with Crippen LogP contribution in [0.1, 0.15) is 39.5 Å². The topological polar surface area (TPSA) is 32.3 Å². The maximum absolute atomic E-state index is 11.5. The van der Waals surface area contributed by atoms with Crippen molar-refractivity contribution < 1.29 is 4.79 Å². The fourth-order valence-electron chi connectivity index (χ4n) is 2.38. The van der Waals surface area contributed by atoms with Crippen molar-refractivity contribution in [3.63, 3.8) is 0 Å². The standard InChI is InChI=1S/C12H22N2O/c1-3-12(15)14-6-4-10(5-7-14)13-11-8-9(11)2/h9-11,13H,3-8H2,1-2H3. The van der Waals surface area contributed by atoms with Gasteiger partial charge in [-0.25, -0.2) is 0 Å². The summed E-state index contributed by atoms with van der Waals surface area (Å²) < 4.78 is 0. The smallest absolute Gasteiger partial charge is 0.222 e. The van der Waals surface area contributed by atoms with Crippen molar-refractivity contribution >= 4 is 5.91 Å². The molecule has 3 nitrogen and oxygen atoms in total. The second-order valence-electron chi connectivity index (χ2n) is 4.99. The lowest BCUT2D eigenvalue weighted by molar-refractivity contribution is -0.131. The van der Waals surface area contributed by atoms with Crippen LogP contribution in [0.15, 0.2) is 0 Å². The Kier molecular flexibility index (Phi) is 3.29. The van der Waals surface area contributed by atoms with Gasteiger partial charge in [-0.2, -0.15) is 0 Å². The third-order valence-corrected chi connectivity index (χ3v) is 3.71. The van der Waals surface area contributed by atoms with Gasteiger partial charge in [0.1, 0.15) is 0 Å². The van der Waals surface area contributed by atoms with Crippen LogP contribution in [0.2, 0.25) is 0 Å². The van der Waals surface area contributed by atoms with Gasteiger partial charge >= 0.3 is 0 Å². The van der Waals surface area contributed by atoms with Crippen molar-refractivity contribution in [2.24, 2.45) is 5.92 Å². The van der Waals surface area contributed by atoms with E-state index in [2.05, 4.69) is 12.2 Å². The zero-order valence-electron chi connectivity index (χ0n) is 9.83. The Balaban J connectivity index is 1.70. The monoisotopic (exact) mass is 210 g/mol. The fourth-order valence-corrected chi connectivity index (χ4v) is 2.38. The van der Waals surface area contributed by atoms with E-state index in [-0.39, 0.29) is 0 Å². The van der Waals surface area contributed by atoms with E-state index in [1.807, 2.05) is 11.8 Å². The minimum Gasteiger partial charge on any atom is -0.343 e. The van der Waals surface area contributed by atoms with Crippen LogP contribution in [-0.2, 0) is 4.79 Å². The average Bonchev–Trinajstić information content (AvgIpc) is 2.94. The first-order valence-corrected chi connectivity index (χ1v) is 6.24. The number of rotatable bonds is 3. The Morgan fingerprint density at radius 1 is 1.40 bits per heavy atom. The molecule has 3 heteroatoms. The Labute approximate surface area is 92.2 Å². The van der Waals surface area contributed by atoms with E-state index in [4.69, 9.17) is 0 Å². The van der Waals surface area contributed by atoms with E-state index in [0.29, 0.717) is 18.4 Å². The highest BCUT2D eigenvalue weighted by Crippen LogP contribution is 2.30. The van der Waals surface area contributed by atoms with Gasteiger partial charge in [-0.05, 0) is 25.2 Å². The number of amides is 1. The minimum absolute atomic E-state index is 0.313. The number of nitrogens with zero attached hydrogens (tertiary/aromatic N) is 1. The molecule has 1 heterocycles. The van der Waals surface area contributed by atoms with Crippen LogP contribution in [-0.4, -0.2) is 36.0 Å². The van der Waals surface area contributed by atoms with Gasteiger partial charge in [-0.15, -0.1) is 0 Å². The Bertz CT molecular complexity index is 234. The molecule has 1 amide bonds. The molecule has 15 heavy (non-hydrogen) atoms. The Hall–Kier alpha value is -0.570. The van der Waals surface area contributed by atoms with Crippen LogP contribution in [0, 0.1) is 5.92 Å². The van der Waals surface area contributed by atoms with Crippen molar-refractivity contribution in [3.05, 3.63) is 0 Å². The van der Waals surface area contributed by atoms with E-state index in [1.54, 1.807) is 0 Å². The van der Waals surface area contributed by atoms with E-state index < -0.39 is 0 Å². The minimum atomic E-state index is 0.313. The number of hydrogen-bond donors (Lipinski definition) is 1. The molecular formula is C12H22N2O. The molecular weight excluding hydrogens is 188 g/mol. The first-order chi connectivity index (χ1) is 7.20. The summed E-state index contributed by atoms with van der Waals surface area (Å²) >= 11 is 0. The van der Waals surface area contributed by atoms with Gasteiger partial charge in [0, 0.05) is 31.6 Å². The molecule has 2 unspecified atom stereocenters. The predicted octanol–water partition coefficient (Wildman–Crippen LogP) is 1.39. The summed E-state index contributed by atoms with van der Waals surface area (Å²) in [4.78, 5) is 13.5. The van der Waals surface area contributed by atoms with Crippen LogP contribution in [0.5, 0.6) is 0 Å². The first-order valence-electron chi connectivity index (χ1n) is 6.24. The molecule has 0 bridgehead atoms. The van der Waals surface area contributed by atoms with Crippen molar-refractivity contribution in [3.8, 4) is 0 Å². The summed E-state index contributed by atoms with van der Waals surface area (Å²) in [6, 6.07) is 1.42. The number of carbonyl (C=O) groups excluding carboxylic acids is 1. The lowest BCUT2D eigenvalue weighted by atomic mass is 10.0. The number of likely N-dealkylation sites (tertiary alicyclic amines) is 1. The van der Waals surface area contributed by atoms with Gasteiger partial charge in [0.25, 0.3) is 0 Å². The van der Waals surface area contributed by atoms with Crippen LogP contribution < -0.4 is 5.32 Å². The quantitative estimate of drug-likeness (QED) is 0.763. The van der Waals surface area contributed by atoms with Crippen LogP contribution in [0.25, 0.3) is 0 Å². The zero-order chi connectivity index (χ0) is 10.8. The second kappa shape index (κ2) is 4.52. The normalized spacial score (nSPS) is 31.7. The summed E-state index contributed by atoms with van der Waals surface area (Å²) in [5.74, 6) is 1.19. The highest BCUT2D eigenvalue weighted by atomic mass is 16.2.